The quantitative estimate of drug-likeness (QED) is 0.282. The topological polar surface area (TPSA) is 54.8 Å². The number of hydrogen-bond acceptors (Lipinski definition) is 5. The van der Waals surface area contributed by atoms with E-state index >= 15 is 0 Å². The van der Waals surface area contributed by atoms with Gasteiger partial charge in [0.15, 0.2) is 11.4 Å². The van der Waals surface area contributed by atoms with Gasteiger partial charge in [0.25, 0.3) is 5.91 Å². The zero-order valence-electron chi connectivity index (χ0n) is 21.5. The molecule has 0 bridgehead atoms. The summed E-state index contributed by atoms with van der Waals surface area (Å²) in [7, 11) is 0. The van der Waals surface area contributed by atoms with Crippen molar-refractivity contribution in [3.8, 4) is 5.75 Å². The summed E-state index contributed by atoms with van der Waals surface area (Å²) in [6.07, 6.45) is 7.74. The highest BCUT2D eigenvalue weighted by Gasteiger charge is 2.44. The second kappa shape index (κ2) is 10.9. The molecule has 1 fully saturated rings. The highest BCUT2D eigenvalue weighted by molar-refractivity contribution is 8.00. The zero-order chi connectivity index (χ0) is 25.9. The van der Waals surface area contributed by atoms with Gasteiger partial charge in [-0.15, -0.1) is 11.8 Å². The first-order valence-electron chi connectivity index (χ1n) is 12.9. The summed E-state index contributed by atoms with van der Waals surface area (Å²) in [5.41, 5.74) is 2.16. The highest BCUT2D eigenvalue weighted by atomic mass is 32.2. The Morgan fingerprint density at radius 2 is 1.81 bits per heavy atom. The van der Waals surface area contributed by atoms with Crippen molar-refractivity contribution >= 4 is 17.7 Å². The number of rotatable bonds is 8. The van der Waals surface area contributed by atoms with Crippen LogP contribution in [0.15, 0.2) is 88.7 Å². The van der Waals surface area contributed by atoms with Crippen molar-refractivity contribution < 1.29 is 9.53 Å². The van der Waals surface area contributed by atoms with Gasteiger partial charge in [0, 0.05) is 29.0 Å². The molecule has 37 heavy (non-hydrogen) atoms. The fourth-order valence-corrected chi connectivity index (χ4v) is 6.51. The van der Waals surface area contributed by atoms with Crippen LogP contribution in [-0.4, -0.2) is 33.4 Å². The van der Waals surface area contributed by atoms with Crippen LogP contribution in [0, 0.1) is 0 Å². The molecular weight excluding hydrogens is 482 g/mol. The molecule has 0 saturated carbocycles. The number of ether oxygens (including phenoxy) is 1. The maximum atomic E-state index is 13.7. The van der Waals surface area contributed by atoms with Gasteiger partial charge >= 0.3 is 0 Å². The van der Waals surface area contributed by atoms with Gasteiger partial charge in [0.2, 0.25) is 5.43 Å². The summed E-state index contributed by atoms with van der Waals surface area (Å²) in [5.74, 6) is -0.0284. The third kappa shape index (κ3) is 4.92. The standard InChI is InChI=1S/C30H33N3O3S/c1-4-11-21(2)37-26-15-9-8-14-24(26)22(3)33-27-16-10-18-31(27)30(35)28-29(25(34)17-19-32(28)33)36-20-23-12-6-5-7-13-23/h4-9,11-15,17,19,21-22,27H,10,16,18,20H2,1-3H3/b11-4-. The van der Waals surface area contributed by atoms with Crippen molar-refractivity contribution in [2.75, 3.05) is 11.6 Å². The lowest BCUT2D eigenvalue weighted by Crippen LogP contribution is -2.59. The lowest BCUT2D eigenvalue weighted by atomic mass is 10.1. The Morgan fingerprint density at radius 1 is 1.05 bits per heavy atom. The summed E-state index contributed by atoms with van der Waals surface area (Å²) in [5, 5.41) is 2.59. The van der Waals surface area contributed by atoms with E-state index in [4.69, 9.17) is 4.74 Å². The molecule has 2 aliphatic heterocycles. The van der Waals surface area contributed by atoms with Crippen molar-refractivity contribution in [2.24, 2.45) is 0 Å². The second-order valence-corrected chi connectivity index (χ2v) is 11.0. The average Bonchev–Trinajstić information content (AvgIpc) is 3.39. The third-order valence-electron chi connectivity index (χ3n) is 7.04. The third-order valence-corrected chi connectivity index (χ3v) is 8.20. The molecule has 3 aromatic rings. The lowest BCUT2D eigenvalue weighted by Gasteiger charge is -2.47. The second-order valence-electron chi connectivity index (χ2n) is 9.54. The van der Waals surface area contributed by atoms with Crippen LogP contribution in [-0.2, 0) is 6.61 Å². The molecule has 0 radical (unpaired) electrons. The molecule has 1 aromatic heterocycles. The Bertz CT molecular complexity index is 1350. The predicted molar refractivity (Wildman–Crippen MR) is 149 cm³/mol. The molecule has 3 unspecified atom stereocenters. The predicted octanol–water partition coefficient (Wildman–Crippen LogP) is 5.76. The number of allylic oxidation sites excluding steroid dienone is 1. The summed E-state index contributed by atoms with van der Waals surface area (Å²) < 4.78 is 7.93. The van der Waals surface area contributed by atoms with E-state index in [9.17, 15) is 9.59 Å². The number of aromatic nitrogens is 1. The Morgan fingerprint density at radius 3 is 2.59 bits per heavy atom. The maximum Gasteiger partial charge on any atom is 0.278 e. The molecule has 7 heteroatoms. The van der Waals surface area contributed by atoms with E-state index in [-0.39, 0.29) is 35.9 Å². The number of nitrogens with zero attached hydrogens (tertiary/aromatic N) is 3. The van der Waals surface area contributed by atoms with E-state index in [1.807, 2.05) is 58.6 Å². The Kier molecular flexibility index (Phi) is 7.42. The van der Waals surface area contributed by atoms with Crippen molar-refractivity contribution in [1.29, 1.82) is 0 Å². The van der Waals surface area contributed by atoms with Gasteiger partial charge in [-0.3, -0.25) is 19.3 Å². The first-order chi connectivity index (χ1) is 18.0. The van der Waals surface area contributed by atoms with Crippen LogP contribution in [0.1, 0.15) is 61.3 Å². The first-order valence-corrected chi connectivity index (χ1v) is 13.8. The minimum Gasteiger partial charge on any atom is -0.482 e. The lowest BCUT2D eigenvalue weighted by molar-refractivity contribution is 0.0627. The maximum absolute atomic E-state index is 13.7. The van der Waals surface area contributed by atoms with E-state index in [0.29, 0.717) is 17.5 Å². The molecule has 1 amide bonds. The largest absolute Gasteiger partial charge is 0.482 e. The van der Waals surface area contributed by atoms with Crippen molar-refractivity contribution in [3.63, 3.8) is 0 Å². The monoisotopic (exact) mass is 515 g/mol. The summed E-state index contributed by atoms with van der Waals surface area (Å²) >= 11 is 1.83. The zero-order valence-corrected chi connectivity index (χ0v) is 22.4. The molecule has 1 saturated heterocycles. The van der Waals surface area contributed by atoms with E-state index in [2.05, 4.69) is 55.3 Å². The van der Waals surface area contributed by atoms with Gasteiger partial charge in [-0.2, -0.15) is 0 Å². The Labute approximate surface area is 222 Å². The molecule has 6 nitrogen and oxygen atoms in total. The molecule has 192 valence electrons. The number of benzene rings is 2. The molecule has 2 aromatic carbocycles. The number of carbonyl (C=O) groups excluding carboxylic acids is 1. The fraction of sp³-hybridized carbons (Fsp3) is 0.333. The van der Waals surface area contributed by atoms with Crippen LogP contribution < -0.4 is 15.2 Å². The van der Waals surface area contributed by atoms with Crippen LogP contribution in [0.2, 0.25) is 0 Å². The number of thioether (sulfide) groups is 1. The molecule has 5 rings (SSSR count). The molecule has 3 atom stereocenters. The van der Waals surface area contributed by atoms with E-state index in [1.54, 1.807) is 6.20 Å². The minimum atomic E-state index is -0.281. The van der Waals surface area contributed by atoms with E-state index in [1.165, 1.54) is 16.5 Å². The summed E-state index contributed by atoms with van der Waals surface area (Å²) in [6, 6.07) is 19.6. The molecular formula is C30H33N3O3S. The highest BCUT2D eigenvalue weighted by Crippen LogP contribution is 2.39. The van der Waals surface area contributed by atoms with Crippen LogP contribution in [0.5, 0.6) is 5.75 Å². The molecule has 0 aliphatic carbocycles. The van der Waals surface area contributed by atoms with Crippen molar-refractivity contribution in [2.45, 2.75) is 62.6 Å². The normalized spacial score (nSPS) is 18.6. The average molecular weight is 516 g/mol. The summed E-state index contributed by atoms with van der Waals surface area (Å²) in [6.45, 7) is 7.31. The molecule has 0 spiro atoms. The Balaban J connectivity index is 1.56. The molecule has 2 aliphatic rings. The Hall–Kier alpha value is -3.45. The minimum absolute atomic E-state index is 0.0385. The summed E-state index contributed by atoms with van der Waals surface area (Å²) in [4.78, 5) is 29.8. The first kappa shape index (κ1) is 25.2. The number of pyridine rings is 1. The van der Waals surface area contributed by atoms with Crippen molar-refractivity contribution in [1.82, 2.24) is 9.58 Å². The number of amides is 1. The number of hydrogen-bond donors (Lipinski definition) is 0. The van der Waals surface area contributed by atoms with Gasteiger partial charge in [0.1, 0.15) is 12.8 Å². The SMILES string of the molecule is C/C=C\C(C)Sc1ccccc1C(C)N1C2CCCN2C(=O)c2c(OCc3ccccc3)c(=O)ccn21. The van der Waals surface area contributed by atoms with Gasteiger partial charge in [-0.1, -0.05) is 60.7 Å². The number of carbonyl (C=O) groups is 1. The van der Waals surface area contributed by atoms with E-state index < -0.39 is 0 Å². The smallest absolute Gasteiger partial charge is 0.278 e. The van der Waals surface area contributed by atoms with Gasteiger partial charge in [-0.25, -0.2) is 0 Å². The van der Waals surface area contributed by atoms with Gasteiger partial charge in [0.05, 0.1) is 6.04 Å². The van der Waals surface area contributed by atoms with E-state index in [0.717, 1.165) is 18.4 Å². The van der Waals surface area contributed by atoms with Gasteiger partial charge < -0.3 is 9.64 Å². The molecule has 3 heterocycles. The number of fused-ring (bicyclic) bond motifs is 2. The van der Waals surface area contributed by atoms with Crippen LogP contribution in [0.3, 0.4) is 0 Å². The van der Waals surface area contributed by atoms with Crippen LogP contribution >= 0.6 is 11.8 Å². The molecule has 0 N–H and O–H groups in total. The van der Waals surface area contributed by atoms with Crippen LogP contribution in [0.25, 0.3) is 0 Å². The van der Waals surface area contributed by atoms with Crippen LogP contribution in [0.4, 0.5) is 0 Å². The van der Waals surface area contributed by atoms with Gasteiger partial charge in [-0.05, 0) is 50.8 Å². The fourth-order valence-electron chi connectivity index (χ4n) is 5.34. The van der Waals surface area contributed by atoms with Crippen molar-refractivity contribution in [3.05, 3.63) is 106 Å².